The average molecular weight is 416 g/mol. The first-order valence-corrected chi connectivity index (χ1v) is 13.5. The van der Waals surface area contributed by atoms with Crippen LogP contribution in [0.2, 0.25) is 10.4 Å². The first kappa shape index (κ1) is 21.4. The van der Waals surface area contributed by atoms with E-state index in [0.717, 1.165) is 0 Å². The molecule has 138 valence electrons. The Morgan fingerprint density at radius 3 is 1.24 bits per heavy atom. The summed E-state index contributed by atoms with van der Waals surface area (Å²) in [7, 11) is 0. The molecule has 0 saturated carbocycles. The average Bonchev–Trinajstić information content (AvgIpc) is 2.82. The molecule has 2 aliphatic carbocycles. The predicted octanol–water partition coefficient (Wildman–Crippen LogP) is 8.11. The Morgan fingerprint density at radius 1 is 0.640 bits per heavy atom. The maximum Gasteiger partial charge on any atom is 0.293 e. The zero-order valence-electron chi connectivity index (χ0n) is 17.2. The van der Waals surface area contributed by atoms with Crippen molar-refractivity contribution in [1.82, 2.24) is 0 Å². The largest absolute Gasteiger partial charge is 0.293 e. The number of hydrogen-bond donors (Lipinski definition) is 0. The van der Waals surface area contributed by atoms with Gasteiger partial charge in [-0.15, -0.1) is 0 Å². The van der Waals surface area contributed by atoms with Crippen molar-refractivity contribution in [2.75, 3.05) is 0 Å². The number of halogens is 3. The third-order valence-corrected chi connectivity index (χ3v) is 16.9. The molecular weight excluding hydrogens is 385 g/mol. The third-order valence-electron chi connectivity index (χ3n) is 7.92. The number of allylic oxidation sites excluding steroid dienone is 8. The Labute approximate surface area is 169 Å². The Morgan fingerprint density at radius 2 is 0.920 bits per heavy atom. The SMILES string of the molecule is CC1=C(C)C(C)(B(Cl)[Si](Cl)(Cl)C2(C)C(C)=C(C)C(C)=C2C)C(C)=C1C. The molecule has 0 bridgehead atoms. The van der Waals surface area contributed by atoms with Gasteiger partial charge in [-0.05, 0) is 77.7 Å². The van der Waals surface area contributed by atoms with Gasteiger partial charge in [0.25, 0.3) is 12.3 Å². The Hall–Kier alpha value is 0.112. The zero-order chi connectivity index (χ0) is 19.7. The first-order valence-electron chi connectivity index (χ1n) is 8.92. The summed E-state index contributed by atoms with van der Waals surface area (Å²) in [6, 6.07) is 0. The molecule has 5 heteroatoms. The molecule has 2 aliphatic rings. The molecule has 0 fully saturated rings. The van der Waals surface area contributed by atoms with Gasteiger partial charge in [-0.3, -0.25) is 0 Å². The molecule has 25 heavy (non-hydrogen) atoms. The van der Waals surface area contributed by atoms with Gasteiger partial charge in [0.15, 0.2) is 0 Å². The van der Waals surface area contributed by atoms with Crippen LogP contribution in [-0.2, 0) is 0 Å². The highest BCUT2D eigenvalue weighted by Crippen LogP contribution is 2.66. The highest BCUT2D eigenvalue weighted by molar-refractivity contribution is 7.79. The van der Waals surface area contributed by atoms with Crippen LogP contribution >= 0.6 is 33.6 Å². The lowest BCUT2D eigenvalue weighted by Crippen LogP contribution is -2.54. The topological polar surface area (TPSA) is 0 Å². The highest BCUT2D eigenvalue weighted by atomic mass is 35.7. The fourth-order valence-electron chi connectivity index (χ4n) is 4.71. The van der Waals surface area contributed by atoms with Crippen molar-refractivity contribution in [3.05, 3.63) is 44.6 Å². The van der Waals surface area contributed by atoms with Gasteiger partial charge < -0.3 is 0 Å². The molecular formula is C20H30BCl3Si. The van der Waals surface area contributed by atoms with E-state index in [2.05, 4.69) is 69.2 Å². The van der Waals surface area contributed by atoms with Gasteiger partial charge in [0.05, 0.1) is 0 Å². The quantitative estimate of drug-likeness (QED) is 0.322. The molecule has 0 saturated heterocycles. The van der Waals surface area contributed by atoms with Gasteiger partial charge in [-0.1, -0.05) is 36.1 Å². The van der Waals surface area contributed by atoms with Crippen LogP contribution in [0, 0.1) is 0 Å². The summed E-state index contributed by atoms with van der Waals surface area (Å²) in [6.07, 6.45) is 0. The van der Waals surface area contributed by atoms with Gasteiger partial charge in [-0.25, -0.2) is 0 Å². The van der Waals surface area contributed by atoms with Crippen LogP contribution in [0.15, 0.2) is 44.6 Å². The fraction of sp³-hybridized carbons (Fsp3) is 0.600. The van der Waals surface area contributed by atoms with Crippen molar-refractivity contribution in [3.63, 3.8) is 0 Å². The predicted molar refractivity (Wildman–Crippen MR) is 119 cm³/mol. The van der Waals surface area contributed by atoms with Crippen molar-refractivity contribution in [1.29, 1.82) is 0 Å². The maximum absolute atomic E-state index is 7.31. The van der Waals surface area contributed by atoms with E-state index in [1.54, 1.807) is 0 Å². The zero-order valence-corrected chi connectivity index (χ0v) is 20.5. The lowest BCUT2D eigenvalue weighted by atomic mass is 9.60. The van der Waals surface area contributed by atoms with Crippen molar-refractivity contribution in [2.45, 2.75) is 79.6 Å². The maximum atomic E-state index is 7.31. The van der Waals surface area contributed by atoms with E-state index in [1.165, 1.54) is 44.6 Å². The van der Waals surface area contributed by atoms with E-state index >= 15 is 0 Å². The summed E-state index contributed by atoms with van der Waals surface area (Å²) in [5.41, 5.74) is 10.1. The molecule has 0 atom stereocenters. The van der Waals surface area contributed by atoms with Crippen molar-refractivity contribution >= 4 is 45.9 Å². The van der Waals surface area contributed by atoms with Crippen LogP contribution in [0.4, 0.5) is 0 Å². The van der Waals surface area contributed by atoms with Gasteiger partial charge >= 0.3 is 0 Å². The highest BCUT2D eigenvalue weighted by Gasteiger charge is 2.65. The molecule has 0 N–H and O–H groups in total. The summed E-state index contributed by atoms with van der Waals surface area (Å²) in [6.45, 7) is 18.9. The molecule has 2 rings (SSSR count). The van der Waals surface area contributed by atoms with Crippen LogP contribution in [0.25, 0.3) is 0 Å². The van der Waals surface area contributed by atoms with Crippen LogP contribution in [-0.4, -0.2) is 12.3 Å². The molecule has 0 aromatic heterocycles. The molecule has 0 aromatic carbocycles. The molecule has 0 aromatic rings. The smallest absolute Gasteiger partial charge is 0.195 e. The summed E-state index contributed by atoms with van der Waals surface area (Å²) >= 11 is 21.8. The monoisotopic (exact) mass is 414 g/mol. The summed E-state index contributed by atoms with van der Waals surface area (Å²) < 4.78 is 0. The second-order valence-electron chi connectivity index (χ2n) is 8.31. The fourth-order valence-corrected chi connectivity index (χ4v) is 11.7. The van der Waals surface area contributed by atoms with E-state index in [1.807, 2.05) is 0 Å². The molecule has 0 spiro atoms. The van der Waals surface area contributed by atoms with Crippen molar-refractivity contribution < 1.29 is 0 Å². The summed E-state index contributed by atoms with van der Waals surface area (Å²) in [4.78, 5) is 0. The van der Waals surface area contributed by atoms with Crippen LogP contribution in [0.5, 0.6) is 0 Å². The van der Waals surface area contributed by atoms with E-state index in [0.29, 0.717) is 0 Å². The minimum atomic E-state index is -2.96. The van der Waals surface area contributed by atoms with E-state index in [-0.39, 0.29) is 16.1 Å². The van der Waals surface area contributed by atoms with Gasteiger partial charge in [0, 0.05) is 10.4 Å². The number of rotatable bonds is 3. The molecule has 0 radical (unpaired) electrons. The van der Waals surface area contributed by atoms with Crippen molar-refractivity contribution in [2.24, 2.45) is 0 Å². The van der Waals surface area contributed by atoms with Gasteiger partial charge in [0.1, 0.15) is 0 Å². The molecule has 0 amide bonds. The normalized spacial score (nSPS) is 23.4. The standard InChI is InChI=1S/C20H30BCl3Si/c1-11-12(2)16(6)19(9,15(11)5)21(22)25(23,24)20(10)17(7)13(3)14(4)18(20)8/h1-10H3. The Balaban J connectivity index is 2.67. The second-order valence-corrected chi connectivity index (χ2v) is 16.1. The Bertz CT molecular complexity index is 720. The van der Waals surface area contributed by atoms with Crippen LogP contribution in [0.1, 0.15) is 69.2 Å². The summed E-state index contributed by atoms with van der Waals surface area (Å²) in [5, 5.41) is -0.635. The Kier molecular flexibility index (Phi) is 5.42. The lowest BCUT2D eigenvalue weighted by molar-refractivity contribution is 0.808. The van der Waals surface area contributed by atoms with Crippen LogP contribution < -0.4 is 0 Å². The van der Waals surface area contributed by atoms with E-state index in [4.69, 9.17) is 33.6 Å². The van der Waals surface area contributed by atoms with Gasteiger partial charge in [-0.2, -0.15) is 33.6 Å². The van der Waals surface area contributed by atoms with Crippen molar-refractivity contribution in [3.8, 4) is 0 Å². The van der Waals surface area contributed by atoms with Crippen LogP contribution in [0.3, 0.4) is 0 Å². The van der Waals surface area contributed by atoms with Gasteiger partial charge in [0.2, 0.25) is 0 Å². The third kappa shape index (κ3) is 2.47. The van der Waals surface area contributed by atoms with E-state index in [9.17, 15) is 0 Å². The van der Waals surface area contributed by atoms with E-state index < -0.39 is 6.56 Å². The summed E-state index contributed by atoms with van der Waals surface area (Å²) in [5.74, 6) is 0. The lowest BCUT2D eigenvalue weighted by Gasteiger charge is -2.45. The minimum absolute atomic E-state index is 0.292. The molecule has 0 nitrogen and oxygen atoms in total. The molecule has 0 unspecified atom stereocenters. The molecule has 0 aliphatic heterocycles. The first-order chi connectivity index (χ1) is 11.2. The minimum Gasteiger partial charge on any atom is -0.195 e. The second kappa shape index (κ2) is 6.33. The molecule has 0 heterocycles. The number of hydrogen-bond acceptors (Lipinski definition) is 0.